The molecule has 6 nitrogen and oxygen atoms in total. The van der Waals surface area contributed by atoms with E-state index in [1.54, 1.807) is 11.5 Å². The third-order valence-electron chi connectivity index (χ3n) is 2.49. The van der Waals surface area contributed by atoms with Crippen molar-refractivity contribution in [3.63, 3.8) is 0 Å². The van der Waals surface area contributed by atoms with Crippen molar-refractivity contribution in [2.24, 2.45) is 0 Å². The van der Waals surface area contributed by atoms with E-state index in [-0.39, 0.29) is 5.56 Å². The molecule has 8 heteroatoms. The van der Waals surface area contributed by atoms with Crippen molar-refractivity contribution in [2.75, 3.05) is 11.9 Å². The first kappa shape index (κ1) is 14.1. The van der Waals surface area contributed by atoms with E-state index >= 15 is 0 Å². The maximum Gasteiger partial charge on any atom is 0.268 e. The summed E-state index contributed by atoms with van der Waals surface area (Å²) in [5, 5.41) is 12.9. The molecular formula is C11H14BrN5OS. The number of nitrogens with one attached hydrogen (secondary N) is 1. The second-order valence-electron chi connectivity index (χ2n) is 3.97. The minimum atomic E-state index is -0.106. The number of aromatic nitrogens is 4. The van der Waals surface area contributed by atoms with Gasteiger partial charge in [-0.05, 0) is 29.3 Å². The van der Waals surface area contributed by atoms with Gasteiger partial charge >= 0.3 is 0 Å². The average Bonchev–Trinajstić information content (AvgIpc) is 2.84. The van der Waals surface area contributed by atoms with Crippen molar-refractivity contribution in [2.45, 2.75) is 26.8 Å². The van der Waals surface area contributed by atoms with Gasteiger partial charge < -0.3 is 5.32 Å². The smallest absolute Gasteiger partial charge is 0.268 e. The maximum atomic E-state index is 12.0. The fraction of sp³-hybridized carbons (Fsp3) is 0.455. The van der Waals surface area contributed by atoms with Crippen LogP contribution in [0.15, 0.2) is 15.5 Å². The molecule has 0 aliphatic heterocycles. The lowest BCUT2D eigenvalue weighted by molar-refractivity contribution is 0.686. The van der Waals surface area contributed by atoms with Gasteiger partial charge in [0, 0.05) is 12.7 Å². The fourth-order valence-corrected chi connectivity index (χ4v) is 2.56. The van der Waals surface area contributed by atoms with Gasteiger partial charge in [0.15, 0.2) is 0 Å². The Bertz CT molecular complexity index is 624. The molecule has 0 aliphatic carbocycles. The van der Waals surface area contributed by atoms with E-state index in [1.165, 1.54) is 17.5 Å². The van der Waals surface area contributed by atoms with Gasteiger partial charge in [-0.2, -0.15) is 0 Å². The van der Waals surface area contributed by atoms with Gasteiger partial charge in [0.25, 0.3) is 5.56 Å². The zero-order chi connectivity index (χ0) is 13.8. The molecule has 0 fully saturated rings. The standard InChI is InChI=1S/C11H14BrN5OS/c1-3-4-13-11-16-15-9(19-11)6-17-7(2)14-5-8(12)10(17)18/h5H,3-4,6H2,1-2H3,(H,13,16). The molecule has 102 valence electrons. The number of rotatable bonds is 5. The van der Waals surface area contributed by atoms with Crippen LogP contribution in [-0.4, -0.2) is 26.3 Å². The van der Waals surface area contributed by atoms with Crippen LogP contribution in [0.1, 0.15) is 24.2 Å². The summed E-state index contributed by atoms with van der Waals surface area (Å²) >= 11 is 4.65. The summed E-state index contributed by atoms with van der Waals surface area (Å²) in [4.78, 5) is 16.1. The summed E-state index contributed by atoms with van der Waals surface area (Å²) in [5.74, 6) is 0.659. The molecule has 2 aromatic rings. The topological polar surface area (TPSA) is 72.7 Å². The second-order valence-corrected chi connectivity index (χ2v) is 5.89. The zero-order valence-corrected chi connectivity index (χ0v) is 13.1. The summed E-state index contributed by atoms with van der Waals surface area (Å²) in [6, 6.07) is 0. The van der Waals surface area contributed by atoms with Crippen LogP contribution in [0.2, 0.25) is 0 Å². The van der Waals surface area contributed by atoms with Gasteiger partial charge in [-0.3, -0.25) is 9.36 Å². The quantitative estimate of drug-likeness (QED) is 0.899. The Morgan fingerprint density at radius 1 is 1.47 bits per heavy atom. The first-order valence-electron chi connectivity index (χ1n) is 5.90. The summed E-state index contributed by atoms with van der Waals surface area (Å²) in [6.07, 6.45) is 2.55. The Morgan fingerprint density at radius 2 is 2.26 bits per heavy atom. The molecule has 19 heavy (non-hydrogen) atoms. The van der Waals surface area contributed by atoms with Crippen molar-refractivity contribution < 1.29 is 0 Å². The molecule has 0 atom stereocenters. The van der Waals surface area contributed by atoms with Gasteiger partial charge in [0.2, 0.25) is 5.13 Å². The molecule has 0 saturated carbocycles. The third-order valence-corrected chi connectivity index (χ3v) is 3.90. The second kappa shape index (κ2) is 6.25. The normalized spacial score (nSPS) is 10.7. The van der Waals surface area contributed by atoms with Crippen LogP contribution >= 0.6 is 27.3 Å². The van der Waals surface area contributed by atoms with Crippen molar-refractivity contribution in [3.05, 3.63) is 31.9 Å². The lowest BCUT2D eigenvalue weighted by atomic mass is 10.5. The largest absolute Gasteiger partial charge is 0.360 e. The number of anilines is 1. The molecule has 2 rings (SSSR count). The van der Waals surface area contributed by atoms with E-state index in [0.29, 0.717) is 16.8 Å². The highest BCUT2D eigenvalue weighted by Crippen LogP contribution is 2.16. The number of halogens is 1. The molecule has 2 heterocycles. The van der Waals surface area contributed by atoms with E-state index in [1.807, 2.05) is 0 Å². The molecule has 2 aromatic heterocycles. The molecule has 1 N–H and O–H groups in total. The lowest BCUT2D eigenvalue weighted by Gasteiger charge is -2.06. The first-order chi connectivity index (χ1) is 9.11. The number of hydrogen-bond donors (Lipinski definition) is 1. The molecule has 0 aliphatic rings. The molecular weight excluding hydrogens is 330 g/mol. The Morgan fingerprint density at radius 3 is 3.00 bits per heavy atom. The summed E-state index contributed by atoms with van der Waals surface area (Å²) in [5.41, 5.74) is -0.106. The number of hydrogen-bond acceptors (Lipinski definition) is 6. The fourth-order valence-electron chi connectivity index (χ4n) is 1.49. The van der Waals surface area contributed by atoms with Gasteiger partial charge in [0.05, 0.1) is 6.54 Å². The summed E-state index contributed by atoms with van der Waals surface area (Å²) in [6.45, 7) is 5.14. The molecule has 0 aromatic carbocycles. The highest BCUT2D eigenvalue weighted by Gasteiger charge is 2.09. The van der Waals surface area contributed by atoms with Crippen LogP contribution in [0, 0.1) is 6.92 Å². The summed E-state index contributed by atoms with van der Waals surface area (Å²) < 4.78 is 2.03. The monoisotopic (exact) mass is 343 g/mol. The van der Waals surface area contributed by atoms with Crippen LogP contribution in [-0.2, 0) is 6.54 Å². The predicted octanol–water partition coefficient (Wildman–Crippen LogP) is 2.04. The van der Waals surface area contributed by atoms with Gasteiger partial charge in [-0.15, -0.1) is 10.2 Å². The van der Waals surface area contributed by atoms with Gasteiger partial charge in [-0.25, -0.2) is 4.98 Å². The van der Waals surface area contributed by atoms with Crippen LogP contribution in [0.25, 0.3) is 0 Å². The number of nitrogens with zero attached hydrogens (tertiary/aromatic N) is 4. The van der Waals surface area contributed by atoms with Gasteiger partial charge in [-0.1, -0.05) is 18.3 Å². The van der Waals surface area contributed by atoms with Crippen LogP contribution < -0.4 is 10.9 Å². The highest BCUT2D eigenvalue weighted by molar-refractivity contribution is 9.10. The van der Waals surface area contributed by atoms with Crippen LogP contribution in [0.4, 0.5) is 5.13 Å². The molecule has 0 bridgehead atoms. The molecule has 0 radical (unpaired) electrons. The number of aryl methyl sites for hydroxylation is 1. The summed E-state index contributed by atoms with van der Waals surface area (Å²) in [7, 11) is 0. The molecule has 0 spiro atoms. The van der Waals surface area contributed by atoms with Crippen molar-refractivity contribution in [1.82, 2.24) is 19.7 Å². The first-order valence-corrected chi connectivity index (χ1v) is 7.51. The molecule has 0 saturated heterocycles. The highest BCUT2D eigenvalue weighted by atomic mass is 79.9. The van der Waals surface area contributed by atoms with E-state index < -0.39 is 0 Å². The van der Waals surface area contributed by atoms with E-state index in [0.717, 1.165) is 23.1 Å². The van der Waals surface area contributed by atoms with Crippen LogP contribution in [0.3, 0.4) is 0 Å². The van der Waals surface area contributed by atoms with Crippen molar-refractivity contribution in [3.8, 4) is 0 Å². The minimum Gasteiger partial charge on any atom is -0.360 e. The third kappa shape index (κ3) is 3.38. The Labute approximate surface area is 123 Å². The van der Waals surface area contributed by atoms with E-state index in [2.05, 4.69) is 43.4 Å². The van der Waals surface area contributed by atoms with Crippen LogP contribution in [0.5, 0.6) is 0 Å². The maximum absolute atomic E-state index is 12.0. The Hall–Kier alpha value is -1.28. The Kier molecular flexibility index (Phi) is 4.65. The van der Waals surface area contributed by atoms with Gasteiger partial charge in [0.1, 0.15) is 15.3 Å². The van der Waals surface area contributed by atoms with Crippen molar-refractivity contribution in [1.29, 1.82) is 0 Å². The zero-order valence-electron chi connectivity index (χ0n) is 10.7. The van der Waals surface area contributed by atoms with Crippen molar-refractivity contribution >= 4 is 32.4 Å². The molecule has 0 amide bonds. The van der Waals surface area contributed by atoms with E-state index in [4.69, 9.17) is 0 Å². The SMILES string of the molecule is CCCNc1nnc(Cn2c(C)ncc(Br)c2=O)s1. The Balaban J connectivity index is 2.20. The lowest BCUT2D eigenvalue weighted by Crippen LogP contribution is -2.24. The predicted molar refractivity (Wildman–Crippen MR) is 78.7 cm³/mol. The average molecular weight is 344 g/mol. The minimum absolute atomic E-state index is 0.106. The molecule has 0 unspecified atom stereocenters. The van der Waals surface area contributed by atoms with E-state index in [9.17, 15) is 4.79 Å².